The molecule has 28 heavy (non-hydrogen) atoms. The Labute approximate surface area is 169 Å². The van der Waals surface area contributed by atoms with Crippen molar-refractivity contribution in [1.82, 2.24) is 4.90 Å². The van der Waals surface area contributed by atoms with Crippen molar-refractivity contribution < 1.29 is 9.53 Å². The first-order chi connectivity index (χ1) is 13.3. The number of aryl methyl sites for hydroxylation is 2. The monoisotopic (exact) mass is 379 g/mol. The molecule has 0 bridgehead atoms. The predicted molar refractivity (Wildman–Crippen MR) is 114 cm³/mol. The van der Waals surface area contributed by atoms with E-state index in [-0.39, 0.29) is 17.4 Å². The number of ether oxygens (including phenoxy) is 1. The topological polar surface area (TPSA) is 29.5 Å². The van der Waals surface area contributed by atoms with Crippen LogP contribution in [0.4, 0.5) is 0 Å². The summed E-state index contributed by atoms with van der Waals surface area (Å²) >= 11 is 0. The average Bonchev–Trinajstić information content (AvgIpc) is 2.96. The minimum atomic E-state index is 0.0111. The van der Waals surface area contributed by atoms with Gasteiger partial charge < -0.3 is 4.74 Å². The van der Waals surface area contributed by atoms with Gasteiger partial charge in [0.1, 0.15) is 0 Å². The van der Waals surface area contributed by atoms with E-state index in [4.69, 9.17) is 4.74 Å². The zero-order valence-electron chi connectivity index (χ0n) is 17.9. The minimum absolute atomic E-state index is 0.0111. The van der Waals surface area contributed by atoms with E-state index in [2.05, 4.69) is 81.1 Å². The number of Topliss-reactive ketones (excluding diaryl/α,β-unsaturated/α-hetero) is 1. The molecular weight excluding hydrogens is 346 g/mol. The molecule has 0 amide bonds. The molecule has 1 aliphatic rings. The number of benzene rings is 2. The molecule has 0 radical (unpaired) electrons. The Bertz CT molecular complexity index is 787. The Morgan fingerprint density at radius 3 is 2.25 bits per heavy atom. The summed E-state index contributed by atoms with van der Waals surface area (Å²) in [4.78, 5) is 15.0. The van der Waals surface area contributed by atoms with Crippen molar-refractivity contribution in [1.29, 1.82) is 0 Å². The maximum Gasteiger partial charge on any atom is 0.151 e. The van der Waals surface area contributed by atoms with E-state index in [0.29, 0.717) is 19.1 Å². The molecule has 1 aliphatic heterocycles. The molecule has 2 aromatic rings. The molecule has 2 aromatic carbocycles. The highest BCUT2D eigenvalue weighted by Gasteiger charge is 2.41. The Morgan fingerprint density at radius 2 is 1.68 bits per heavy atom. The quantitative estimate of drug-likeness (QED) is 0.702. The van der Waals surface area contributed by atoms with Crippen molar-refractivity contribution in [2.24, 2.45) is 5.92 Å². The Balaban J connectivity index is 1.82. The van der Waals surface area contributed by atoms with Gasteiger partial charge in [-0.2, -0.15) is 0 Å². The molecule has 3 heteroatoms. The first-order valence-electron chi connectivity index (χ1n) is 10.2. The van der Waals surface area contributed by atoms with Gasteiger partial charge in [-0.3, -0.25) is 9.69 Å². The molecule has 0 aliphatic carbocycles. The van der Waals surface area contributed by atoms with Crippen LogP contribution in [-0.2, 0) is 21.4 Å². The van der Waals surface area contributed by atoms with E-state index >= 15 is 0 Å². The number of likely N-dealkylation sites (tertiary alicyclic amines) is 1. The molecule has 1 fully saturated rings. The number of rotatable bonds is 6. The summed E-state index contributed by atoms with van der Waals surface area (Å²) in [5.41, 5.74) is 5.22. The summed E-state index contributed by atoms with van der Waals surface area (Å²) in [5, 5.41) is 0. The summed E-state index contributed by atoms with van der Waals surface area (Å²) in [6.07, 6.45) is 1.79. The second kappa shape index (κ2) is 8.59. The first kappa shape index (κ1) is 20.8. The number of ketones is 1. The smallest absolute Gasteiger partial charge is 0.151 e. The summed E-state index contributed by atoms with van der Waals surface area (Å²) in [6, 6.07) is 17.5. The number of hydrogen-bond donors (Lipinski definition) is 0. The molecule has 1 saturated heterocycles. The van der Waals surface area contributed by atoms with Crippen LogP contribution in [0.3, 0.4) is 0 Å². The molecule has 3 nitrogen and oxygen atoms in total. The number of carbonyl (C=O) groups is 1. The number of methoxy groups -OCH3 is 1. The number of hydrogen-bond acceptors (Lipinski definition) is 3. The van der Waals surface area contributed by atoms with E-state index < -0.39 is 0 Å². The zero-order chi connectivity index (χ0) is 20.3. The summed E-state index contributed by atoms with van der Waals surface area (Å²) < 4.78 is 5.40. The van der Waals surface area contributed by atoms with Gasteiger partial charge in [-0.25, -0.2) is 0 Å². The number of carbonyl (C=O) groups excluding carboxylic acids is 1. The van der Waals surface area contributed by atoms with E-state index in [9.17, 15) is 4.79 Å². The SMILES string of the molecule is COCN1CC(=O)C(CCc2ccc(C)cc2)C1c1ccc(C(C)(C)C)cc1. The van der Waals surface area contributed by atoms with E-state index in [0.717, 1.165) is 12.8 Å². The Morgan fingerprint density at radius 1 is 1.04 bits per heavy atom. The fraction of sp³-hybridized carbons (Fsp3) is 0.480. The van der Waals surface area contributed by atoms with E-state index in [1.807, 2.05) is 0 Å². The van der Waals surface area contributed by atoms with Crippen LogP contribution in [0.15, 0.2) is 48.5 Å². The second-order valence-electron chi connectivity index (χ2n) is 9.08. The fourth-order valence-corrected chi connectivity index (χ4v) is 4.16. The van der Waals surface area contributed by atoms with Gasteiger partial charge in [0.2, 0.25) is 0 Å². The molecular formula is C25H33NO2. The highest BCUT2D eigenvalue weighted by atomic mass is 16.5. The highest BCUT2D eigenvalue weighted by molar-refractivity contribution is 5.86. The third-order valence-corrected chi connectivity index (χ3v) is 5.82. The van der Waals surface area contributed by atoms with Crippen LogP contribution in [0.5, 0.6) is 0 Å². The fourth-order valence-electron chi connectivity index (χ4n) is 4.16. The standard InChI is InChI=1S/C25H33NO2/c1-18-6-8-19(9-7-18)10-15-22-23(27)16-26(17-28-5)24(22)20-11-13-21(14-12-20)25(2,3)4/h6-9,11-14,22,24H,10,15-17H2,1-5H3. The third-order valence-electron chi connectivity index (χ3n) is 5.82. The largest absolute Gasteiger partial charge is 0.369 e. The van der Waals surface area contributed by atoms with Gasteiger partial charge in [0, 0.05) is 19.1 Å². The summed E-state index contributed by atoms with van der Waals surface area (Å²) in [5.74, 6) is 0.339. The van der Waals surface area contributed by atoms with Crippen molar-refractivity contribution in [3.8, 4) is 0 Å². The average molecular weight is 380 g/mol. The third kappa shape index (κ3) is 4.71. The molecule has 2 unspecified atom stereocenters. The minimum Gasteiger partial charge on any atom is -0.369 e. The lowest BCUT2D eigenvalue weighted by Crippen LogP contribution is -2.28. The van der Waals surface area contributed by atoms with E-state index in [1.165, 1.54) is 22.3 Å². The van der Waals surface area contributed by atoms with Crippen molar-refractivity contribution >= 4 is 5.78 Å². The van der Waals surface area contributed by atoms with Crippen LogP contribution in [-0.4, -0.2) is 31.1 Å². The zero-order valence-corrected chi connectivity index (χ0v) is 17.9. The van der Waals surface area contributed by atoms with Gasteiger partial charge in [-0.05, 0) is 41.9 Å². The van der Waals surface area contributed by atoms with Crippen LogP contribution < -0.4 is 0 Å². The molecule has 2 atom stereocenters. The molecule has 3 rings (SSSR count). The Kier molecular flexibility index (Phi) is 6.36. The van der Waals surface area contributed by atoms with Crippen LogP contribution in [0, 0.1) is 12.8 Å². The predicted octanol–water partition coefficient (Wildman–Crippen LogP) is 5.07. The molecule has 0 saturated carbocycles. The van der Waals surface area contributed by atoms with E-state index in [1.54, 1.807) is 7.11 Å². The first-order valence-corrected chi connectivity index (χ1v) is 10.2. The lowest BCUT2D eigenvalue weighted by molar-refractivity contribution is -0.120. The van der Waals surface area contributed by atoms with Gasteiger partial charge in [0.25, 0.3) is 0 Å². The Hall–Kier alpha value is -1.97. The van der Waals surface area contributed by atoms with Crippen molar-refractivity contribution in [2.75, 3.05) is 20.4 Å². The van der Waals surface area contributed by atoms with Crippen LogP contribution in [0.2, 0.25) is 0 Å². The summed E-state index contributed by atoms with van der Waals surface area (Å²) in [7, 11) is 1.70. The van der Waals surface area contributed by atoms with Crippen LogP contribution >= 0.6 is 0 Å². The van der Waals surface area contributed by atoms with Crippen molar-refractivity contribution in [3.05, 3.63) is 70.8 Å². The lowest BCUT2D eigenvalue weighted by atomic mass is 9.84. The van der Waals surface area contributed by atoms with Gasteiger partial charge in [0.15, 0.2) is 5.78 Å². The maximum absolute atomic E-state index is 12.8. The van der Waals surface area contributed by atoms with Crippen molar-refractivity contribution in [3.63, 3.8) is 0 Å². The molecule has 150 valence electrons. The number of nitrogens with zero attached hydrogens (tertiary/aromatic N) is 1. The van der Waals surface area contributed by atoms with Gasteiger partial charge in [0.05, 0.1) is 13.3 Å². The lowest BCUT2D eigenvalue weighted by Gasteiger charge is -2.28. The normalized spacial score (nSPS) is 20.7. The van der Waals surface area contributed by atoms with Gasteiger partial charge in [-0.1, -0.05) is 74.9 Å². The second-order valence-corrected chi connectivity index (χ2v) is 9.08. The molecule has 0 aromatic heterocycles. The highest BCUT2D eigenvalue weighted by Crippen LogP contribution is 2.38. The maximum atomic E-state index is 12.8. The van der Waals surface area contributed by atoms with Crippen molar-refractivity contribution in [2.45, 2.75) is 52.0 Å². The van der Waals surface area contributed by atoms with Crippen LogP contribution in [0.25, 0.3) is 0 Å². The summed E-state index contributed by atoms with van der Waals surface area (Å²) in [6.45, 7) is 9.73. The molecule has 0 N–H and O–H groups in total. The molecule has 0 spiro atoms. The van der Waals surface area contributed by atoms with Gasteiger partial charge >= 0.3 is 0 Å². The van der Waals surface area contributed by atoms with Gasteiger partial charge in [-0.15, -0.1) is 0 Å². The molecule has 1 heterocycles. The van der Waals surface area contributed by atoms with Crippen LogP contribution in [0.1, 0.15) is 55.5 Å².